The molecule has 1 unspecified atom stereocenters. The largest absolute Gasteiger partial charge is 0.382 e. The number of hydrogen-bond acceptors (Lipinski definition) is 5. The van der Waals surface area contributed by atoms with Crippen LogP contribution in [0.25, 0.3) is 0 Å². The van der Waals surface area contributed by atoms with Crippen molar-refractivity contribution in [3.8, 4) is 0 Å². The number of thiophene rings is 1. The van der Waals surface area contributed by atoms with Gasteiger partial charge in [0.2, 0.25) is 5.91 Å². The summed E-state index contributed by atoms with van der Waals surface area (Å²) in [6.45, 7) is 2.20. The van der Waals surface area contributed by atoms with E-state index in [4.69, 9.17) is 5.73 Å². The number of rotatable bonds is 4. The maximum atomic E-state index is 11.0. The van der Waals surface area contributed by atoms with Crippen LogP contribution < -0.4 is 11.1 Å². The van der Waals surface area contributed by atoms with E-state index in [1.165, 1.54) is 18.1 Å². The first-order chi connectivity index (χ1) is 10.7. The van der Waals surface area contributed by atoms with Gasteiger partial charge in [-0.1, -0.05) is 18.2 Å². The van der Waals surface area contributed by atoms with Gasteiger partial charge in [-0.25, -0.2) is 4.99 Å². The van der Waals surface area contributed by atoms with E-state index < -0.39 is 0 Å². The summed E-state index contributed by atoms with van der Waals surface area (Å²) in [6, 6.07) is 10.2. The number of nitrogens with one attached hydrogen (secondary N) is 1. The van der Waals surface area contributed by atoms with E-state index in [0.29, 0.717) is 12.4 Å². The molecule has 1 aliphatic heterocycles. The van der Waals surface area contributed by atoms with Crippen LogP contribution in [0.15, 0.2) is 40.7 Å². The Balaban J connectivity index is 1.91. The smallest absolute Gasteiger partial charge is 0.216 e. The maximum Gasteiger partial charge on any atom is 0.216 e. The number of thioether (sulfide) groups is 1. The van der Waals surface area contributed by atoms with Crippen molar-refractivity contribution in [2.24, 2.45) is 10.7 Å². The zero-order chi connectivity index (χ0) is 15.5. The van der Waals surface area contributed by atoms with Crippen LogP contribution in [-0.4, -0.2) is 24.0 Å². The molecule has 0 fully saturated rings. The lowest BCUT2D eigenvalue weighted by Gasteiger charge is -2.17. The molecule has 1 amide bonds. The Morgan fingerprint density at radius 1 is 1.36 bits per heavy atom. The topological polar surface area (TPSA) is 67.5 Å². The van der Waals surface area contributed by atoms with Gasteiger partial charge in [-0.05, 0) is 28.6 Å². The minimum Gasteiger partial charge on any atom is -0.382 e. The van der Waals surface area contributed by atoms with Gasteiger partial charge in [0.25, 0.3) is 0 Å². The van der Waals surface area contributed by atoms with Crippen LogP contribution in [0.2, 0.25) is 0 Å². The van der Waals surface area contributed by atoms with Gasteiger partial charge in [-0.2, -0.15) is 0 Å². The van der Waals surface area contributed by atoms with E-state index >= 15 is 0 Å². The highest BCUT2D eigenvalue weighted by molar-refractivity contribution is 7.99. The summed E-state index contributed by atoms with van der Waals surface area (Å²) < 4.78 is 0. The van der Waals surface area contributed by atoms with Crippen LogP contribution >= 0.6 is 23.1 Å². The van der Waals surface area contributed by atoms with Gasteiger partial charge in [-0.3, -0.25) is 4.79 Å². The van der Waals surface area contributed by atoms with E-state index in [9.17, 15) is 4.79 Å². The Morgan fingerprint density at radius 3 is 3.00 bits per heavy atom. The molecule has 22 heavy (non-hydrogen) atoms. The molecule has 1 aliphatic rings. The van der Waals surface area contributed by atoms with Crippen LogP contribution in [0.5, 0.6) is 0 Å². The number of hydrogen-bond donors (Lipinski definition) is 2. The van der Waals surface area contributed by atoms with Crippen LogP contribution in [0.4, 0.5) is 5.69 Å². The Labute approximate surface area is 137 Å². The standard InChI is InChI=1S/C16H17N3OS2/c1-10(20)18-7-9-22-14-11-4-2-3-5-13(11)19-16(17)15-12(14)6-8-21-15/h2-6,8,14H,7,9H2,1H3,(H2,17,19)(H,18,20). The number of aliphatic imine (C=N–C) groups is 1. The van der Waals surface area contributed by atoms with E-state index in [1.54, 1.807) is 11.3 Å². The van der Waals surface area contributed by atoms with Crippen molar-refractivity contribution in [2.75, 3.05) is 12.3 Å². The molecule has 0 bridgehead atoms. The van der Waals surface area contributed by atoms with Crippen molar-refractivity contribution < 1.29 is 4.79 Å². The number of carbonyl (C=O) groups excluding carboxylic acids is 1. The third-order valence-electron chi connectivity index (χ3n) is 3.43. The number of nitrogens with two attached hydrogens (primary N) is 1. The SMILES string of the molecule is CC(=O)NCCSC1c2ccccc2N=C(N)c2sccc21. The van der Waals surface area contributed by atoms with Gasteiger partial charge in [0.05, 0.1) is 15.8 Å². The van der Waals surface area contributed by atoms with Crippen molar-refractivity contribution in [3.63, 3.8) is 0 Å². The van der Waals surface area contributed by atoms with Crippen LogP contribution in [0, 0.1) is 0 Å². The number of carbonyl (C=O) groups is 1. The normalized spacial score (nSPS) is 16.2. The second kappa shape index (κ2) is 6.54. The minimum atomic E-state index is 0.00525. The average Bonchev–Trinajstić information content (AvgIpc) is 2.93. The highest BCUT2D eigenvalue weighted by Crippen LogP contribution is 2.44. The van der Waals surface area contributed by atoms with E-state index in [0.717, 1.165) is 16.3 Å². The molecule has 2 aromatic rings. The summed E-state index contributed by atoms with van der Waals surface area (Å²) in [5.41, 5.74) is 9.48. The molecule has 4 nitrogen and oxygen atoms in total. The molecule has 2 heterocycles. The Hall–Kier alpha value is -1.79. The average molecular weight is 331 g/mol. The molecule has 0 saturated carbocycles. The monoisotopic (exact) mass is 331 g/mol. The van der Waals surface area contributed by atoms with E-state index in [2.05, 4.69) is 27.8 Å². The van der Waals surface area contributed by atoms with Gasteiger partial charge in [-0.15, -0.1) is 23.1 Å². The first kappa shape index (κ1) is 15.1. The number of para-hydroxylation sites is 1. The second-order valence-corrected chi connectivity index (χ2v) is 7.12. The molecule has 0 spiro atoms. The summed E-state index contributed by atoms with van der Waals surface area (Å²) in [6.07, 6.45) is 0. The molecule has 114 valence electrons. The molecule has 0 saturated heterocycles. The fourth-order valence-corrected chi connectivity index (χ4v) is 4.60. The predicted octanol–water partition coefficient (Wildman–Crippen LogP) is 3.06. The number of benzene rings is 1. The molecule has 0 radical (unpaired) electrons. The van der Waals surface area contributed by atoms with Gasteiger partial charge in [0.15, 0.2) is 0 Å². The number of nitrogens with zero attached hydrogens (tertiary/aromatic N) is 1. The molecule has 0 aliphatic carbocycles. The predicted molar refractivity (Wildman–Crippen MR) is 94.1 cm³/mol. The third-order valence-corrected chi connectivity index (χ3v) is 5.67. The highest BCUT2D eigenvalue weighted by Gasteiger charge is 2.25. The summed E-state index contributed by atoms with van der Waals surface area (Å²) in [5.74, 6) is 1.43. The molecule has 6 heteroatoms. The van der Waals surface area contributed by atoms with Crippen molar-refractivity contribution in [3.05, 3.63) is 51.7 Å². The summed E-state index contributed by atoms with van der Waals surface area (Å²) in [5, 5.41) is 5.09. The molecule has 1 aromatic heterocycles. The Bertz CT molecular complexity index is 724. The molecule has 1 atom stereocenters. The van der Waals surface area contributed by atoms with Gasteiger partial charge >= 0.3 is 0 Å². The Morgan fingerprint density at radius 2 is 2.18 bits per heavy atom. The van der Waals surface area contributed by atoms with Crippen molar-refractivity contribution in [2.45, 2.75) is 12.2 Å². The summed E-state index contributed by atoms with van der Waals surface area (Å²) >= 11 is 3.43. The van der Waals surface area contributed by atoms with Gasteiger partial charge < -0.3 is 11.1 Å². The number of amides is 1. The first-order valence-corrected chi connectivity index (χ1v) is 8.96. The van der Waals surface area contributed by atoms with E-state index in [1.807, 2.05) is 30.0 Å². The van der Waals surface area contributed by atoms with Crippen molar-refractivity contribution >= 4 is 40.5 Å². The minimum absolute atomic E-state index is 0.00525. The lowest BCUT2D eigenvalue weighted by atomic mass is 10.0. The zero-order valence-electron chi connectivity index (χ0n) is 12.2. The quantitative estimate of drug-likeness (QED) is 0.846. The maximum absolute atomic E-state index is 11.0. The third kappa shape index (κ3) is 3.03. The fraction of sp³-hybridized carbons (Fsp3) is 0.250. The van der Waals surface area contributed by atoms with E-state index in [-0.39, 0.29) is 11.2 Å². The zero-order valence-corrected chi connectivity index (χ0v) is 13.8. The molecule has 3 N–H and O–H groups in total. The second-order valence-electron chi connectivity index (χ2n) is 4.99. The summed E-state index contributed by atoms with van der Waals surface area (Å²) in [4.78, 5) is 16.6. The first-order valence-electron chi connectivity index (χ1n) is 7.03. The van der Waals surface area contributed by atoms with Crippen LogP contribution in [-0.2, 0) is 4.79 Å². The number of amidine groups is 1. The van der Waals surface area contributed by atoms with Crippen LogP contribution in [0.1, 0.15) is 28.2 Å². The number of fused-ring (bicyclic) bond motifs is 2. The molecule has 3 rings (SSSR count). The van der Waals surface area contributed by atoms with Gasteiger partial charge in [0, 0.05) is 19.2 Å². The van der Waals surface area contributed by atoms with Crippen LogP contribution in [0.3, 0.4) is 0 Å². The summed E-state index contributed by atoms with van der Waals surface area (Å²) in [7, 11) is 0. The lowest BCUT2D eigenvalue weighted by molar-refractivity contribution is -0.118. The van der Waals surface area contributed by atoms with Crippen molar-refractivity contribution in [1.82, 2.24) is 5.32 Å². The lowest BCUT2D eigenvalue weighted by Crippen LogP contribution is -2.22. The fourth-order valence-electron chi connectivity index (χ4n) is 2.48. The molecular formula is C16H17N3OS2. The highest BCUT2D eigenvalue weighted by atomic mass is 32.2. The van der Waals surface area contributed by atoms with Gasteiger partial charge in [0.1, 0.15) is 5.84 Å². The molecular weight excluding hydrogens is 314 g/mol. The Kier molecular flexibility index (Phi) is 4.49. The molecule has 1 aromatic carbocycles. The van der Waals surface area contributed by atoms with Crippen molar-refractivity contribution in [1.29, 1.82) is 0 Å².